The number of aromatic nitrogens is 1. The highest BCUT2D eigenvalue weighted by atomic mass is 16.6. The van der Waals surface area contributed by atoms with E-state index >= 15 is 0 Å². The lowest BCUT2D eigenvalue weighted by Crippen LogP contribution is -2.34. The van der Waals surface area contributed by atoms with Crippen molar-refractivity contribution in [1.82, 2.24) is 14.4 Å². The number of carbonyl (C=O) groups excluding carboxylic acids is 3. The average Bonchev–Trinajstić information content (AvgIpc) is 3.50. The van der Waals surface area contributed by atoms with Gasteiger partial charge < -0.3 is 33.9 Å². The van der Waals surface area contributed by atoms with Crippen LogP contribution in [-0.4, -0.2) is 92.4 Å². The molecular formula is C30H33N5O6. The number of anilines is 1. The van der Waals surface area contributed by atoms with E-state index in [1.807, 2.05) is 31.1 Å². The Morgan fingerprint density at radius 2 is 1.76 bits per heavy atom. The Balaban J connectivity index is 1.57. The number of hydrogen-bond donors (Lipinski definition) is 1. The molecule has 1 unspecified atom stereocenters. The molecule has 2 aliphatic rings. The Morgan fingerprint density at radius 3 is 2.49 bits per heavy atom. The zero-order chi connectivity index (χ0) is 29.3. The summed E-state index contributed by atoms with van der Waals surface area (Å²) in [6.45, 7) is 2.18. The fourth-order valence-electron chi connectivity index (χ4n) is 4.88. The summed E-state index contributed by atoms with van der Waals surface area (Å²) in [5.74, 6) is -0.508. The number of nitrogens with one attached hydrogen (secondary N) is 1. The molecule has 11 heteroatoms. The summed E-state index contributed by atoms with van der Waals surface area (Å²) in [4.78, 5) is 47.4. The van der Waals surface area contributed by atoms with Crippen LogP contribution in [0.4, 0.5) is 11.4 Å². The number of likely N-dealkylation sites (N-methyl/N-ethyl adjacent to an activating group) is 2. The van der Waals surface area contributed by atoms with Crippen LogP contribution >= 0.6 is 0 Å². The van der Waals surface area contributed by atoms with E-state index in [9.17, 15) is 14.4 Å². The second-order valence-corrected chi connectivity index (χ2v) is 10.3. The van der Waals surface area contributed by atoms with Crippen molar-refractivity contribution in [3.8, 4) is 11.5 Å². The standard InChI is InChI=1S/C30H33N5O6/c1-33(2)10-11-34(3)29(37)23-16-20(17-35(23)4)31-27(18-7-9-24-25(15-18)41-13-12-40-24)26-21-8-6-19(30(38)39-5)14-22(21)32-28(26)36/h6-9,14-17,26H,10-13H2,1-5H3,(H,32,36). The minimum Gasteiger partial charge on any atom is -0.486 e. The van der Waals surface area contributed by atoms with E-state index in [0.29, 0.717) is 70.7 Å². The fraction of sp³-hybridized carbons (Fsp3) is 0.333. The molecular weight excluding hydrogens is 526 g/mol. The monoisotopic (exact) mass is 559 g/mol. The van der Waals surface area contributed by atoms with Gasteiger partial charge in [-0.3, -0.25) is 14.6 Å². The Labute approximate surface area is 238 Å². The van der Waals surface area contributed by atoms with Gasteiger partial charge in [-0.1, -0.05) is 6.07 Å². The number of benzene rings is 2. The number of nitrogens with zero attached hydrogens (tertiary/aromatic N) is 4. The number of methoxy groups -OCH3 is 1. The van der Waals surface area contributed by atoms with Crippen molar-refractivity contribution >= 4 is 34.9 Å². The van der Waals surface area contributed by atoms with E-state index in [0.717, 1.165) is 6.54 Å². The summed E-state index contributed by atoms with van der Waals surface area (Å²) in [6, 6.07) is 12.1. The lowest BCUT2D eigenvalue weighted by atomic mass is 9.90. The number of hydrogen-bond acceptors (Lipinski definition) is 8. The molecule has 214 valence electrons. The van der Waals surface area contributed by atoms with Crippen LogP contribution in [0.1, 0.15) is 37.9 Å². The second-order valence-electron chi connectivity index (χ2n) is 10.3. The van der Waals surface area contributed by atoms with E-state index in [2.05, 4.69) is 5.32 Å². The maximum atomic E-state index is 13.4. The van der Waals surface area contributed by atoms with E-state index in [-0.39, 0.29) is 11.8 Å². The minimum atomic E-state index is -0.777. The minimum absolute atomic E-state index is 0.129. The summed E-state index contributed by atoms with van der Waals surface area (Å²) in [6.07, 6.45) is 1.76. The molecule has 0 saturated heterocycles. The molecule has 11 nitrogen and oxygen atoms in total. The van der Waals surface area contributed by atoms with E-state index in [1.165, 1.54) is 7.11 Å². The molecule has 5 rings (SSSR count). The van der Waals surface area contributed by atoms with Crippen LogP contribution in [0, 0.1) is 0 Å². The summed E-state index contributed by atoms with van der Waals surface area (Å²) >= 11 is 0. The molecule has 2 amide bonds. The number of ether oxygens (including phenoxy) is 3. The number of rotatable bonds is 8. The molecule has 2 aliphatic heterocycles. The van der Waals surface area contributed by atoms with Crippen LogP contribution in [0.25, 0.3) is 0 Å². The maximum absolute atomic E-state index is 13.4. The third-order valence-electron chi connectivity index (χ3n) is 7.11. The van der Waals surface area contributed by atoms with Gasteiger partial charge in [0.25, 0.3) is 5.91 Å². The van der Waals surface area contributed by atoms with Gasteiger partial charge >= 0.3 is 5.97 Å². The van der Waals surface area contributed by atoms with Gasteiger partial charge in [0.15, 0.2) is 11.5 Å². The smallest absolute Gasteiger partial charge is 0.337 e. The summed E-state index contributed by atoms with van der Waals surface area (Å²) < 4.78 is 18.1. The van der Waals surface area contributed by atoms with E-state index in [1.54, 1.807) is 60.1 Å². The molecule has 2 aromatic carbocycles. The Hall–Kier alpha value is -4.64. The highest BCUT2D eigenvalue weighted by Gasteiger charge is 2.36. The molecule has 3 aromatic rings. The van der Waals surface area contributed by atoms with Gasteiger partial charge in [0, 0.05) is 44.6 Å². The van der Waals surface area contributed by atoms with Crippen LogP contribution in [-0.2, 0) is 16.6 Å². The normalized spacial score (nSPS) is 15.9. The second kappa shape index (κ2) is 11.5. The van der Waals surface area contributed by atoms with E-state index in [4.69, 9.17) is 19.2 Å². The van der Waals surface area contributed by atoms with Crippen molar-refractivity contribution < 1.29 is 28.6 Å². The first-order chi connectivity index (χ1) is 19.7. The van der Waals surface area contributed by atoms with Gasteiger partial charge in [-0.2, -0.15) is 0 Å². The zero-order valence-corrected chi connectivity index (χ0v) is 23.8. The molecule has 1 N–H and O–H groups in total. The van der Waals surface area contributed by atoms with Crippen LogP contribution in [0.3, 0.4) is 0 Å². The van der Waals surface area contributed by atoms with Crippen LogP contribution in [0.5, 0.6) is 11.5 Å². The number of fused-ring (bicyclic) bond motifs is 2. The third-order valence-corrected chi connectivity index (χ3v) is 7.11. The predicted octanol–water partition coefficient (Wildman–Crippen LogP) is 3.07. The first-order valence-electron chi connectivity index (χ1n) is 13.2. The van der Waals surface area contributed by atoms with Crippen molar-refractivity contribution in [2.75, 3.05) is 59.9 Å². The average molecular weight is 560 g/mol. The summed E-state index contributed by atoms with van der Waals surface area (Å²) in [7, 11) is 8.79. The molecule has 1 aromatic heterocycles. The molecule has 0 spiro atoms. The zero-order valence-electron chi connectivity index (χ0n) is 23.8. The summed E-state index contributed by atoms with van der Waals surface area (Å²) in [5, 5.41) is 2.88. The molecule has 41 heavy (non-hydrogen) atoms. The van der Waals surface area contributed by atoms with Crippen LogP contribution < -0.4 is 14.8 Å². The molecule has 0 saturated carbocycles. The Bertz CT molecular complexity index is 1540. The highest BCUT2D eigenvalue weighted by molar-refractivity contribution is 6.24. The molecule has 0 aliphatic carbocycles. The highest BCUT2D eigenvalue weighted by Crippen LogP contribution is 2.39. The number of carbonyl (C=O) groups is 3. The predicted molar refractivity (Wildman–Crippen MR) is 154 cm³/mol. The van der Waals surface area contributed by atoms with Gasteiger partial charge in [-0.15, -0.1) is 0 Å². The summed E-state index contributed by atoms with van der Waals surface area (Å²) in [5.41, 5.74) is 3.65. The third kappa shape index (κ3) is 5.66. The number of esters is 1. The Kier molecular flexibility index (Phi) is 7.80. The lowest BCUT2D eigenvalue weighted by Gasteiger charge is -2.20. The van der Waals surface area contributed by atoms with E-state index < -0.39 is 11.9 Å². The first kappa shape index (κ1) is 27.9. The largest absolute Gasteiger partial charge is 0.486 e. The topological polar surface area (TPSA) is 115 Å². The quantitative estimate of drug-likeness (QED) is 0.333. The van der Waals surface area contributed by atoms with Gasteiger partial charge in [-0.25, -0.2) is 4.79 Å². The van der Waals surface area contributed by atoms with Crippen LogP contribution in [0.15, 0.2) is 53.7 Å². The molecule has 0 bridgehead atoms. The number of aryl methyl sites for hydroxylation is 1. The van der Waals surface area contributed by atoms with Crippen molar-refractivity contribution in [2.45, 2.75) is 5.92 Å². The van der Waals surface area contributed by atoms with Gasteiger partial charge in [0.1, 0.15) is 24.8 Å². The molecule has 0 radical (unpaired) electrons. The Morgan fingerprint density at radius 1 is 1.02 bits per heavy atom. The van der Waals surface area contributed by atoms with Crippen molar-refractivity contribution in [3.63, 3.8) is 0 Å². The van der Waals surface area contributed by atoms with Crippen molar-refractivity contribution in [2.24, 2.45) is 12.0 Å². The first-order valence-corrected chi connectivity index (χ1v) is 13.2. The van der Waals surface area contributed by atoms with Gasteiger partial charge in [-0.05, 0) is 56.1 Å². The number of amides is 2. The van der Waals surface area contributed by atoms with Crippen molar-refractivity contribution in [3.05, 3.63) is 71.0 Å². The molecule has 3 heterocycles. The van der Waals surface area contributed by atoms with Gasteiger partial charge in [0.2, 0.25) is 5.91 Å². The molecule has 0 fully saturated rings. The lowest BCUT2D eigenvalue weighted by molar-refractivity contribution is -0.115. The van der Waals surface area contributed by atoms with Crippen molar-refractivity contribution in [1.29, 1.82) is 0 Å². The fourth-order valence-corrected chi connectivity index (χ4v) is 4.88. The number of aliphatic imine (C=N–C) groups is 1. The molecule has 1 atom stereocenters. The maximum Gasteiger partial charge on any atom is 0.337 e. The van der Waals surface area contributed by atoms with Crippen LogP contribution in [0.2, 0.25) is 0 Å². The van der Waals surface area contributed by atoms with Gasteiger partial charge in [0.05, 0.1) is 24.1 Å². The SMILES string of the molecule is COC(=O)c1ccc2c(c1)NC(=O)C2C(=Nc1cc(C(=O)N(C)CCN(C)C)n(C)c1)c1ccc2c(c1)OCCO2.